The number of anilines is 2. The lowest BCUT2D eigenvalue weighted by Gasteiger charge is -2.24. The summed E-state index contributed by atoms with van der Waals surface area (Å²) < 4.78 is 1.15. The third-order valence-corrected chi connectivity index (χ3v) is 3.35. The number of nitrogens with zero attached hydrogens (tertiary/aromatic N) is 1. The maximum absolute atomic E-state index is 3.53. The van der Waals surface area contributed by atoms with Gasteiger partial charge in [0.15, 0.2) is 0 Å². The Kier molecular flexibility index (Phi) is 3.19. The third kappa shape index (κ3) is 2.28. The van der Waals surface area contributed by atoms with E-state index in [2.05, 4.69) is 58.2 Å². The molecule has 1 aliphatic heterocycles. The summed E-state index contributed by atoms with van der Waals surface area (Å²) in [5.74, 6) is 0.691. The third-order valence-electron chi connectivity index (χ3n) is 2.86. The minimum Gasteiger partial charge on any atom is -0.383 e. The molecule has 1 unspecified atom stereocenters. The Bertz CT molecular complexity index is 351. The fourth-order valence-corrected chi connectivity index (χ4v) is 2.39. The van der Waals surface area contributed by atoms with Gasteiger partial charge in [-0.1, -0.05) is 22.9 Å². The molecule has 0 spiro atoms. The van der Waals surface area contributed by atoms with E-state index in [0.717, 1.165) is 24.1 Å². The first-order chi connectivity index (χ1) is 7.20. The van der Waals surface area contributed by atoms with E-state index in [1.807, 2.05) is 0 Å². The first-order valence-corrected chi connectivity index (χ1v) is 6.28. The van der Waals surface area contributed by atoms with E-state index >= 15 is 0 Å². The van der Waals surface area contributed by atoms with E-state index in [0.29, 0.717) is 5.92 Å². The zero-order valence-electron chi connectivity index (χ0n) is 9.26. The number of nitrogens with one attached hydrogen (secondary N) is 1. The molecule has 0 aliphatic carbocycles. The van der Waals surface area contributed by atoms with Crippen molar-refractivity contribution >= 4 is 27.3 Å². The van der Waals surface area contributed by atoms with Gasteiger partial charge in [-0.25, -0.2) is 0 Å². The molecule has 15 heavy (non-hydrogen) atoms. The van der Waals surface area contributed by atoms with Crippen LogP contribution in [0, 0.1) is 5.92 Å². The SMILES string of the molecule is CCN1CC(C)CNc2ccc(Br)cc21. The Hall–Kier alpha value is -0.700. The van der Waals surface area contributed by atoms with Crippen LogP contribution in [-0.4, -0.2) is 19.6 Å². The van der Waals surface area contributed by atoms with Gasteiger partial charge in [-0.05, 0) is 31.0 Å². The normalized spacial score (nSPS) is 20.5. The molecule has 1 aromatic rings. The second-order valence-corrected chi connectivity index (χ2v) is 5.10. The van der Waals surface area contributed by atoms with E-state index in [-0.39, 0.29) is 0 Å². The van der Waals surface area contributed by atoms with Crippen LogP contribution in [-0.2, 0) is 0 Å². The van der Waals surface area contributed by atoms with Gasteiger partial charge >= 0.3 is 0 Å². The van der Waals surface area contributed by atoms with Gasteiger partial charge in [0.05, 0.1) is 11.4 Å². The van der Waals surface area contributed by atoms with Crippen molar-refractivity contribution in [1.29, 1.82) is 0 Å². The zero-order chi connectivity index (χ0) is 10.8. The zero-order valence-corrected chi connectivity index (χ0v) is 10.8. The van der Waals surface area contributed by atoms with Crippen molar-refractivity contribution in [1.82, 2.24) is 0 Å². The van der Waals surface area contributed by atoms with Crippen molar-refractivity contribution < 1.29 is 0 Å². The van der Waals surface area contributed by atoms with Gasteiger partial charge in [0, 0.05) is 24.1 Å². The van der Waals surface area contributed by atoms with Crippen LogP contribution in [0.3, 0.4) is 0 Å². The number of halogens is 1. The molecule has 1 heterocycles. The molecule has 82 valence electrons. The highest BCUT2D eigenvalue weighted by Crippen LogP contribution is 2.32. The highest BCUT2D eigenvalue weighted by molar-refractivity contribution is 9.10. The molecule has 2 rings (SSSR count). The van der Waals surface area contributed by atoms with Crippen LogP contribution in [0.4, 0.5) is 11.4 Å². The van der Waals surface area contributed by atoms with Crippen LogP contribution in [0.25, 0.3) is 0 Å². The molecule has 0 fully saturated rings. The molecule has 1 atom stereocenters. The van der Waals surface area contributed by atoms with Gasteiger partial charge in [-0.3, -0.25) is 0 Å². The number of rotatable bonds is 1. The molecule has 1 aliphatic rings. The van der Waals surface area contributed by atoms with Crippen LogP contribution >= 0.6 is 15.9 Å². The van der Waals surface area contributed by atoms with Crippen molar-refractivity contribution in [2.45, 2.75) is 13.8 Å². The van der Waals surface area contributed by atoms with Gasteiger partial charge in [0.2, 0.25) is 0 Å². The summed E-state index contributed by atoms with van der Waals surface area (Å²) in [5, 5.41) is 3.50. The van der Waals surface area contributed by atoms with E-state index < -0.39 is 0 Å². The van der Waals surface area contributed by atoms with E-state index in [1.54, 1.807) is 0 Å². The summed E-state index contributed by atoms with van der Waals surface area (Å²) >= 11 is 3.53. The van der Waals surface area contributed by atoms with E-state index in [4.69, 9.17) is 0 Å². The molecule has 0 bridgehead atoms. The summed E-state index contributed by atoms with van der Waals surface area (Å²) in [6.07, 6.45) is 0. The summed E-state index contributed by atoms with van der Waals surface area (Å²) in [6, 6.07) is 6.44. The van der Waals surface area contributed by atoms with Crippen molar-refractivity contribution in [3.05, 3.63) is 22.7 Å². The predicted octanol–water partition coefficient (Wildman–Crippen LogP) is 3.34. The second-order valence-electron chi connectivity index (χ2n) is 4.19. The Balaban J connectivity index is 2.39. The first-order valence-electron chi connectivity index (χ1n) is 5.49. The topological polar surface area (TPSA) is 15.3 Å². The lowest BCUT2D eigenvalue weighted by Crippen LogP contribution is -2.28. The molecule has 0 saturated carbocycles. The lowest BCUT2D eigenvalue weighted by atomic mass is 10.2. The van der Waals surface area contributed by atoms with E-state index in [9.17, 15) is 0 Å². The van der Waals surface area contributed by atoms with Crippen LogP contribution in [0.2, 0.25) is 0 Å². The molecule has 3 heteroatoms. The Morgan fingerprint density at radius 2 is 2.33 bits per heavy atom. The summed E-state index contributed by atoms with van der Waals surface area (Å²) in [6.45, 7) is 7.76. The average Bonchev–Trinajstić information content (AvgIpc) is 2.38. The molecule has 1 N–H and O–H groups in total. The predicted molar refractivity (Wildman–Crippen MR) is 69.7 cm³/mol. The van der Waals surface area contributed by atoms with Crippen molar-refractivity contribution in [3.8, 4) is 0 Å². The fourth-order valence-electron chi connectivity index (χ4n) is 2.04. The molecular formula is C12H17BrN2. The van der Waals surface area contributed by atoms with Crippen LogP contribution in [0.1, 0.15) is 13.8 Å². The fraction of sp³-hybridized carbons (Fsp3) is 0.500. The maximum atomic E-state index is 3.53. The molecule has 0 amide bonds. The Morgan fingerprint density at radius 3 is 3.07 bits per heavy atom. The maximum Gasteiger partial charge on any atom is 0.0613 e. The largest absolute Gasteiger partial charge is 0.383 e. The summed E-state index contributed by atoms with van der Waals surface area (Å²) in [4.78, 5) is 2.44. The highest BCUT2D eigenvalue weighted by Gasteiger charge is 2.17. The van der Waals surface area contributed by atoms with Gasteiger partial charge in [0.1, 0.15) is 0 Å². The lowest BCUT2D eigenvalue weighted by molar-refractivity contribution is 0.602. The van der Waals surface area contributed by atoms with Crippen molar-refractivity contribution in [3.63, 3.8) is 0 Å². The molecule has 0 aromatic heterocycles. The van der Waals surface area contributed by atoms with Crippen molar-refractivity contribution in [2.24, 2.45) is 5.92 Å². The van der Waals surface area contributed by atoms with Gasteiger partial charge in [0.25, 0.3) is 0 Å². The minimum absolute atomic E-state index is 0.691. The second kappa shape index (κ2) is 4.44. The standard InChI is InChI=1S/C12H17BrN2/c1-3-15-8-9(2)7-14-11-5-4-10(13)6-12(11)15/h4-6,9,14H,3,7-8H2,1-2H3. The minimum atomic E-state index is 0.691. The quantitative estimate of drug-likeness (QED) is 0.841. The van der Waals surface area contributed by atoms with Crippen LogP contribution in [0.5, 0.6) is 0 Å². The number of fused-ring (bicyclic) bond motifs is 1. The molecular weight excluding hydrogens is 252 g/mol. The Labute approximate surface area is 99.8 Å². The number of hydrogen-bond donors (Lipinski definition) is 1. The van der Waals surface area contributed by atoms with Gasteiger partial charge < -0.3 is 10.2 Å². The van der Waals surface area contributed by atoms with Gasteiger partial charge in [-0.15, -0.1) is 0 Å². The Morgan fingerprint density at radius 1 is 1.53 bits per heavy atom. The monoisotopic (exact) mass is 268 g/mol. The highest BCUT2D eigenvalue weighted by atomic mass is 79.9. The summed E-state index contributed by atoms with van der Waals surface area (Å²) in [7, 11) is 0. The molecule has 1 aromatic carbocycles. The van der Waals surface area contributed by atoms with Crippen LogP contribution < -0.4 is 10.2 Å². The molecule has 0 radical (unpaired) electrons. The number of hydrogen-bond acceptors (Lipinski definition) is 2. The number of benzene rings is 1. The van der Waals surface area contributed by atoms with Crippen LogP contribution in [0.15, 0.2) is 22.7 Å². The van der Waals surface area contributed by atoms with Gasteiger partial charge in [-0.2, -0.15) is 0 Å². The summed E-state index contributed by atoms with van der Waals surface area (Å²) in [5.41, 5.74) is 2.57. The smallest absolute Gasteiger partial charge is 0.0613 e. The molecule has 0 saturated heterocycles. The average molecular weight is 269 g/mol. The van der Waals surface area contributed by atoms with Crippen molar-refractivity contribution in [2.75, 3.05) is 29.9 Å². The molecule has 2 nitrogen and oxygen atoms in total. The first kappa shape index (κ1) is 10.8. The van der Waals surface area contributed by atoms with E-state index in [1.165, 1.54) is 11.4 Å².